The van der Waals surface area contributed by atoms with Crippen molar-refractivity contribution >= 4 is 27.7 Å². The van der Waals surface area contributed by atoms with Crippen molar-refractivity contribution in [3.8, 4) is 0 Å². The molecule has 1 heterocycles. The van der Waals surface area contributed by atoms with Gasteiger partial charge in [-0.05, 0) is 68.3 Å². The van der Waals surface area contributed by atoms with Gasteiger partial charge in [-0.1, -0.05) is 0 Å². The number of halogens is 1. The molecule has 1 aromatic rings. The number of amides is 1. The van der Waals surface area contributed by atoms with Crippen LogP contribution >= 0.6 is 15.9 Å². The number of alkyl carbamates (subject to hydrolysis) is 1. The Bertz CT molecular complexity index is 537. The zero-order valence-electron chi connectivity index (χ0n) is 14.9. The van der Waals surface area contributed by atoms with Crippen LogP contribution in [0.1, 0.15) is 46.5 Å². The fourth-order valence-electron chi connectivity index (χ4n) is 2.96. The number of carbonyl (C=O) groups is 1. The third-order valence-electron chi connectivity index (χ3n) is 4.15. The lowest BCUT2D eigenvalue weighted by Gasteiger charge is -2.32. The van der Waals surface area contributed by atoms with Crippen molar-refractivity contribution in [3.63, 3.8) is 0 Å². The number of rotatable bonds is 4. The number of carbonyl (C=O) groups excluding carboxylic acids is 1. The molecule has 0 atom stereocenters. The Hall–Kier alpha value is -1.37. The molecule has 6 nitrogen and oxygen atoms in total. The first-order chi connectivity index (χ1) is 11.2. The maximum Gasteiger partial charge on any atom is 0.407 e. The van der Waals surface area contributed by atoms with E-state index in [2.05, 4.69) is 43.2 Å². The number of ether oxygens (including phenoxy) is 1. The summed E-state index contributed by atoms with van der Waals surface area (Å²) in [5.41, 5.74) is 0.573. The summed E-state index contributed by atoms with van der Waals surface area (Å²) >= 11 is 3.25. The molecule has 1 saturated carbocycles. The molecule has 2 rings (SSSR count). The van der Waals surface area contributed by atoms with Crippen molar-refractivity contribution in [3.05, 3.63) is 17.1 Å². The van der Waals surface area contributed by atoms with E-state index in [-0.39, 0.29) is 12.1 Å². The lowest BCUT2D eigenvalue weighted by atomic mass is 9.86. The molecule has 0 bridgehead atoms. The molecular weight excluding hydrogens is 372 g/mol. The summed E-state index contributed by atoms with van der Waals surface area (Å²) in [6, 6.07) is 0.220. The molecule has 0 aliphatic heterocycles. The predicted octanol–water partition coefficient (Wildman–Crippen LogP) is 3.76. The zero-order valence-corrected chi connectivity index (χ0v) is 16.5. The molecule has 134 valence electrons. The van der Waals surface area contributed by atoms with E-state index < -0.39 is 5.60 Å². The Morgan fingerprint density at radius 1 is 1.29 bits per heavy atom. The minimum atomic E-state index is -0.448. The van der Waals surface area contributed by atoms with Crippen LogP contribution < -0.4 is 10.2 Å². The van der Waals surface area contributed by atoms with E-state index in [0.29, 0.717) is 10.7 Å². The maximum absolute atomic E-state index is 11.8. The Labute approximate surface area is 152 Å². The first-order valence-electron chi connectivity index (χ1n) is 8.41. The van der Waals surface area contributed by atoms with Crippen molar-refractivity contribution in [2.45, 2.75) is 58.1 Å². The third kappa shape index (κ3) is 6.26. The van der Waals surface area contributed by atoms with Crippen molar-refractivity contribution < 1.29 is 9.53 Å². The molecule has 1 aliphatic carbocycles. The van der Waals surface area contributed by atoms with Crippen LogP contribution in [0.15, 0.2) is 17.1 Å². The molecule has 0 saturated heterocycles. The first-order valence-corrected chi connectivity index (χ1v) is 9.20. The highest BCUT2D eigenvalue weighted by molar-refractivity contribution is 9.10. The average molecular weight is 399 g/mol. The van der Waals surface area contributed by atoms with Crippen LogP contribution in [-0.2, 0) is 4.74 Å². The second kappa shape index (κ2) is 8.14. The van der Waals surface area contributed by atoms with Crippen molar-refractivity contribution in [1.29, 1.82) is 0 Å². The van der Waals surface area contributed by atoms with E-state index in [1.54, 1.807) is 0 Å². The summed E-state index contributed by atoms with van der Waals surface area (Å²) in [4.78, 5) is 22.4. The molecule has 1 amide bonds. The van der Waals surface area contributed by atoms with Crippen LogP contribution in [0.3, 0.4) is 0 Å². The topological polar surface area (TPSA) is 67.4 Å². The molecule has 0 spiro atoms. The van der Waals surface area contributed by atoms with E-state index in [0.717, 1.165) is 37.9 Å². The number of hydrogen-bond acceptors (Lipinski definition) is 5. The second-order valence-corrected chi connectivity index (χ2v) is 8.16. The highest BCUT2D eigenvalue weighted by atomic mass is 79.9. The fraction of sp³-hybridized carbons (Fsp3) is 0.706. The summed E-state index contributed by atoms with van der Waals surface area (Å²) in [5, 5.41) is 2.99. The SMILES string of the molecule is CN(C[C@H]1CC[C@H](NC(=O)OC(C)(C)C)CC1)c1cnc(Br)nc1. The van der Waals surface area contributed by atoms with Crippen LogP contribution in [0.2, 0.25) is 0 Å². The quantitative estimate of drug-likeness (QED) is 0.781. The van der Waals surface area contributed by atoms with Gasteiger partial charge in [0.1, 0.15) is 5.60 Å². The Morgan fingerprint density at radius 3 is 2.42 bits per heavy atom. The van der Waals surface area contributed by atoms with Gasteiger partial charge in [-0.15, -0.1) is 0 Å². The first kappa shape index (κ1) is 19.0. The van der Waals surface area contributed by atoms with Gasteiger partial charge < -0.3 is 15.0 Å². The Kier molecular flexibility index (Phi) is 6.43. The highest BCUT2D eigenvalue weighted by Crippen LogP contribution is 2.26. The standard InChI is InChI=1S/C17H27BrN4O2/c1-17(2,3)24-16(23)21-13-7-5-12(6-8-13)11-22(4)14-9-19-15(18)20-10-14/h9-10,12-13H,5-8,11H2,1-4H3,(H,21,23)/t12-,13-. The second-order valence-electron chi connectivity index (χ2n) is 7.45. The number of hydrogen-bond donors (Lipinski definition) is 1. The van der Waals surface area contributed by atoms with Gasteiger partial charge in [0.2, 0.25) is 0 Å². The Balaban J connectivity index is 1.74. The summed E-state index contributed by atoms with van der Waals surface area (Å²) in [5.74, 6) is 0.621. The van der Waals surface area contributed by atoms with Gasteiger partial charge in [-0.2, -0.15) is 0 Å². The minimum absolute atomic E-state index is 0.220. The average Bonchev–Trinajstić information content (AvgIpc) is 2.48. The molecule has 1 aliphatic rings. The molecule has 24 heavy (non-hydrogen) atoms. The summed E-state index contributed by atoms with van der Waals surface area (Å²) < 4.78 is 5.93. The normalized spacial score (nSPS) is 21.2. The van der Waals surface area contributed by atoms with Crippen LogP contribution in [0.25, 0.3) is 0 Å². The molecule has 7 heteroatoms. The predicted molar refractivity (Wildman–Crippen MR) is 98.1 cm³/mol. The van der Waals surface area contributed by atoms with E-state index in [9.17, 15) is 4.79 Å². The summed E-state index contributed by atoms with van der Waals surface area (Å²) in [7, 11) is 2.07. The third-order valence-corrected chi connectivity index (χ3v) is 4.56. The van der Waals surface area contributed by atoms with E-state index in [4.69, 9.17) is 4.74 Å². The maximum atomic E-state index is 11.8. The fourth-order valence-corrected chi connectivity index (χ4v) is 3.16. The van der Waals surface area contributed by atoms with Crippen LogP contribution in [0, 0.1) is 5.92 Å². The summed E-state index contributed by atoms with van der Waals surface area (Å²) in [6.07, 6.45) is 7.53. The van der Waals surface area contributed by atoms with Crippen molar-refractivity contribution in [2.75, 3.05) is 18.5 Å². The molecule has 0 aromatic carbocycles. The van der Waals surface area contributed by atoms with Gasteiger partial charge in [0.25, 0.3) is 0 Å². The van der Waals surface area contributed by atoms with Gasteiger partial charge in [0, 0.05) is 19.6 Å². The largest absolute Gasteiger partial charge is 0.444 e. The lowest BCUT2D eigenvalue weighted by Crippen LogP contribution is -2.41. The zero-order chi connectivity index (χ0) is 17.7. The summed E-state index contributed by atoms with van der Waals surface area (Å²) in [6.45, 7) is 6.62. The molecule has 0 unspecified atom stereocenters. The molecular formula is C17H27BrN4O2. The van der Waals surface area contributed by atoms with Crippen LogP contribution in [0.4, 0.5) is 10.5 Å². The van der Waals surface area contributed by atoms with Gasteiger partial charge in [-0.3, -0.25) is 0 Å². The van der Waals surface area contributed by atoms with Gasteiger partial charge in [-0.25, -0.2) is 14.8 Å². The van der Waals surface area contributed by atoms with Crippen molar-refractivity contribution in [2.24, 2.45) is 5.92 Å². The van der Waals surface area contributed by atoms with Crippen molar-refractivity contribution in [1.82, 2.24) is 15.3 Å². The number of nitrogens with one attached hydrogen (secondary N) is 1. The minimum Gasteiger partial charge on any atom is -0.444 e. The van der Waals surface area contributed by atoms with Gasteiger partial charge in [0.05, 0.1) is 18.1 Å². The number of aromatic nitrogens is 2. The number of nitrogens with zero attached hydrogens (tertiary/aromatic N) is 3. The van der Waals surface area contributed by atoms with Gasteiger partial charge in [0.15, 0.2) is 4.73 Å². The van der Waals surface area contributed by atoms with E-state index >= 15 is 0 Å². The lowest BCUT2D eigenvalue weighted by molar-refractivity contribution is 0.0488. The van der Waals surface area contributed by atoms with E-state index in [1.165, 1.54) is 0 Å². The van der Waals surface area contributed by atoms with E-state index in [1.807, 2.05) is 33.2 Å². The smallest absolute Gasteiger partial charge is 0.407 e. The molecule has 0 radical (unpaired) electrons. The molecule has 1 fully saturated rings. The Morgan fingerprint density at radius 2 is 1.88 bits per heavy atom. The van der Waals surface area contributed by atoms with Crippen LogP contribution in [-0.4, -0.2) is 41.3 Å². The monoisotopic (exact) mass is 398 g/mol. The molecule has 1 N–H and O–H groups in total. The highest BCUT2D eigenvalue weighted by Gasteiger charge is 2.25. The molecule has 1 aromatic heterocycles. The van der Waals surface area contributed by atoms with Crippen LogP contribution in [0.5, 0.6) is 0 Å². The van der Waals surface area contributed by atoms with Gasteiger partial charge >= 0.3 is 6.09 Å². The number of anilines is 1.